The third-order valence-electron chi connectivity index (χ3n) is 0.872. The highest BCUT2D eigenvalue weighted by Crippen LogP contribution is 2.16. The van der Waals surface area contributed by atoms with E-state index in [0.717, 1.165) is 0 Å². The third-order valence-corrected chi connectivity index (χ3v) is 1.72. The Kier molecular flexibility index (Phi) is 2.07. The van der Waals surface area contributed by atoms with Gasteiger partial charge in [-0.15, -0.1) is 0 Å². The van der Waals surface area contributed by atoms with E-state index in [-0.39, 0.29) is 10.3 Å². The topological polar surface area (TPSA) is 12.9 Å². The fourth-order valence-corrected chi connectivity index (χ4v) is 1.21. The van der Waals surface area contributed by atoms with Crippen molar-refractivity contribution < 1.29 is 2.74 Å². The standard InChI is InChI=1S/C6H4BrCl2N/c7-3-4-1-5(8)10-6(9)2-4/h1-2H,3H2/i3D2. The number of aromatic nitrogens is 1. The van der Waals surface area contributed by atoms with Crippen LogP contribution in [0.4, 0.5) is 0 Å². The minimum Gasteiger partial charge on any atom is -0.224 e. The summed E-state index contributed by atoms with van der Waals surface area (Å²) in [5.74, 6) is 0. The first-order valence-corrected chi connectivity index (χ1v) is 3.97. The van der Waals surface area contributed by atoms with Gasteiger partial charge in [0.25, 0.3) is 0 Å². The summed E-state index contributed by atoms with van der Waals surface area (Å²) in [6, 6.07) is 2.84. The van der Waals surface area contributed by atoms with E-state index < -0.39 is 5.28 Å². The molecule has 0 aromatic carbocycles. The molecular formula is C6H4BrCl2N. The van der Waals surface area contributed by atoms with E-state index in [1.807, 2.05) is 0 Å². The fraction of sp³-hybridized carbons (Fsp3) is 0.167. The van der Waals surface area contributed by atoms with Crippen LogP contribution in [0.3, 0.4) is 0 Å². The highest BCUT2D eigenvalue weighted by molar-refractivity contribution is 9.08. The molecule has 54 valence electrons. The van der Waals surface area contributed by atoms with Gasteiger partial charge in [0.15, 0.2) is 0 Å². The molecule has 0 N–H and O–H groups in total. The van der Waals surface area contributed by atoms with Crippen molar-refractivity contribution in [2.45, 2.75) is 5.28 Å². The fourth-order valence-electron chi connectivity index (χ4n) is 0.519. The van der Waals surface area contributed by atoms with Crippen LogP contribution in [-0.4, -0.2) is 4.98 Å². The van der Waals surface area contributed by atoms with E-state index in [4.69, 9.17) is 25.9 Å². The van der Waals surface area contributed by atoms with E-state index >= 15 is 0 Å². The van der Waals surface area contributed by atoms with Crippen LogP contribution < -0.4 is 0 Å². The second-order valence-corrected chi connectivity index (χ2v) is 2.77. The lowest BCUT2D eigenvalue weighted by atomic mass is 10.3. The van der Waals surface area contributed by atoms with E-state index in [1.54, 1.807) is 0 Å². The molecule has 0 aliphatic rings. The maximum atomic E-state index is 7.30. The number of halogens is 3. The molecule has 1 rings (SSSR count). The minimum absolute atomic E-state index is 0.181. The van der Waals surface area contributed by atoms with Crippen molar-refractivity contribution in [3.8, 4) is 0 Å². The van der Waals surface area contributed by atoms with Gasteiger partial charge in [-0.2, -0.15) is 0 Å². The van der Waals surface area contributed by atoms with Crippen LogP contribution in [0.5, 0.6) is 0 Å². The molecule has 0 unspecified atom stereocenters. The number of hydrogen-bond acceptors (Lipinski definition) is 1. The first-order valence-electron chi connectivity index (χ1n) is 3.42. The van der Waals surface area contributed by atoms with Gasteiger partial charge in [-0.05, 0) is 17.7 Å². The molecule has 0 saturated heterocycles. The van der Waals surface area contributed by atoms with E-state index in [0.29, 0.717) is 5.56 Å². The van der Waals surface area contributed by atoms with Crippen LogP contribution in [0.25, 0.3) is 0 Å². The number of pyridine rings is 1. The van der Waals surface area contributed by atoms with Gasteiger partial charge in [0, 0.05) is 8.02 Å². The molecule has 0 radical (unpaired) electrons. The molecule has 0 amide bonds. The maximum Gasteiger partial charge on any atom is 0.131 e. The van der Waals surface area contributed by atoms with Gasteiger partial charge >= 0.3 is 0 Å². The van der Waals surface area contributed by atoms with Crippen molar-refractivity contribution >= 4 is 39.1 Å². The van der Waals surface area contributed by atoms with Gasteiger partial charge in [-0.3, -0.25) is 0 Å². The van der Waals surface area contributed by atoms with Crippen LogP contribution >= 0.6 is 39.1 Å². The highest BCUT2D eigenvalue weighted by atomic mass is 79.9. The molecule has 0 atom stereocenters. The normalized spacial score (nSPS) is 14.3. The molecule has 0 bridgehead atoms. The summed E-state index contributed by atoms with van der Waals surface area (Å²) in [6.07, 6.45) is 0. The zero-order chi connectivity index (χ0) is 9.35. The lowest BCUT2D eigenvalue weighted by molar-refractivity contribution is 1.28. The minimum atomic E-state index is -1.62. The van der Waals surface area contributed by atoms with E-state index in [1.165, 1.54) is 12.1 Å². The summed E-state index contributed by atoms with van der Waals surface area (Å²) < 4.78 is 14.6. The number of rotatable bonds is 1. The molecule has 0 spiro atoms. The smallest absolute Gasteiger partial charge is 0.131 e. The Morgan fingerprint density at radius 1 is 1.50 bits per heavy atom. The van der Waals surface area contributed by atoms with Crippen LogP contribution in [0, 0.1) is 0 Å². The maximum absolute atomic E-state index is 7.30. The molecular weight excluding hydrogens is 237 g/mol. The molecule has 1 aromatic heterocycles. The van der Waals surface area contributed by atoms with Gasteiger partial charge in [0.05, 0.1) is 0 Å². The molecule has 0 aliphatic heterocycles. The monoisotopic (exact) mass is 241 g/mol. The quantitative estimate of drug-likeness (QED) is 0.544. The van der Waals surface area contributed by atoms with Crippen LogP contribution in [-0.2, 0) is 5.28 Å². The van der Waals surface area contributed by atoms with Crippen molar-refractivity contribution in [3.05, 3.63) is 28.0 Å². The molecule has 1 nitrogen and oxygen atoms in total. The van der Waals surface area contributed by atoms with Gasteiger partial charge < -0.3 is 0 Å². The summed E-state index contributed by atoms with van der Waals surface area (Å²) in [7, 11) is 0. The lowest BCUT2D eigenvalue weighted by Crippen LogP contribution is -1.81. The first kappa shape index (κ1) is 5.81. The second kappa shape index (κ2) is 3.56. The van der Waals surface area contributed by atoms with E-state index in [2.05, 4.69) is 20.9 Å². The number of alkyl halides is 1. The van der Waals surface area contributed by atoms with Gasteiger partial charge in [0.2, 0.25) is 0 Å². The van der Waals surface area contributed by atoms with Gasteiger partial charge in [0.1, 0.15) is 10.3 Å². The summed E-state index contributed by atoms with van der Waals surface area (Å²) in [5, 5.41) is -1.26. The Morgan fingerprint density at radius 3 is 2.40 bits per heavy atom. The van der Waals surface area contributed by atoms with Crippen molar-refractivity contribution in [3.63, 3.8) is 0 Å². The van der Waals surface area contributed by atoms with Gasteiger partial charge in [-0.25, -0.2) is 4.98 Å². The average molecular weight is 243 g/mol. The van der Waals surface area contributed by atoms with Crippen LogP contribution in [0.1, 0.15) is 8.30 Å². The Hall–Kier alpha value is 0.210. The van der Waals surface area contributed by atoms with Crippen LogP contribution in [0.15, 0.2) is 12.1 Å². The highest BCUT2D eigenvalue weighted by Gasteiger charge is 1.96. The van der Waals surface area contributed by atoms with Crippen molar-refractivity contribution in [2.75, 3.05) is 0 Å². The summed E-state index contributed by atoms with van der Waals surface area (Å²) >= 11 is 14.0. The zero-order valence-corrected chi connectivity index (χ0v) is 7.83. The zero-order valence-electron chi connectivity index (χ0n) is 6.74. The SMILES string of the molecule is [2H]C([2H])(Br)c1cc(Cl)nc(Cl)c1. The summed E-state index contributed by atoms with van der Waals surface area (Å²) in [5.41, 5.74) is 0.354. The Morgan fingerprint density at radius 2 is 2.00 bits per heavy atom. The van der Waals surface area contributed by atoms with Crippen molar-refractivity contribution in [1.82, 2.24) is 4.98 Å². The molecule has 10 heavy (non-hydrogen) atoms. The summed E-state index contributed by atoms with van der Waals surface area (Å²) in [4.78, 5) is 3.69. The van der Waals surface area contributed by atoms with E-state index in [9.17, 15) is 0 Å². The van der Waals surface area contributed by atoms with Crippen molar-refractivity contribution in [2.24, 2.45) is 0 Å². The first-order chi connectivity index (χ1) is 5.39. The molecule has 0 aliphatic carbocycles. The molecule has 0 saturated carbocycles. The molecule has 4 heteroatoms. The largest absolute Gasteiger partial charge is 0.224 e. The second-order valence-electron chi connectivity index (χ2n) is 1.60. The molecule has 1 heterocycles. The predicted octanol–water partition coefficient (Wildman–Crippen LogP) is 3.28. The molecule has 0 fully saturated rings. The number of nitrogens with zero attached hydrogens (tertiary/aromatic N) is 1. The lowest BCUT2D eigenvalue weighted by Gasteiger charge is -1.95. The molecule has 1 aromatic rings. The Bertz CT molecular complexity index is 280. The van der Waals surface area contributed by atoms with Crippen molar-refractivity contribution in [1.29, 1.82) is 0 Å². The third kappa shape index (κ3) is 2.11. The predicted molar refractivity (Wildman–Crippen MR) is 46.9 cm³/mol. The Labute approximate surface area is 80.3 Å². The van der Waals surface area contributed by atoms with Gasteiger partial charge in [-0.1, -0.05) is 39.1 Å². The number of hydrogen-bond donors (Lipinski definition) is 0. The van der Waals surface area contributed by atoms with Crippen LogP contribution in [0.2, 0.25) is 10.3 Å². The summed E-state index contributed by atoms with van der Waals surface area (Å²) in [6.45, 7) is 0. The Balaban J connectivity index is 3.18. The average Bonchev–Trinajstić information content (AvgIpc) is 1.82.